The number of nitrogens with zero attached hydrogens (tertiary/aromatic N) is 1. The molecule has 0 spiro atoms. The van der Waals surface area contributed by atoms with E-state index in [9.17, 15) is 4.91 Å². The summed E-state index contributed by atoms with van der Waals surface area (Å²) in [5.41, 5.74) is 0. The third-order valence-corrected chi connectivity index (χ3v) is 3.72. The molecule has 2 aliphatic carbocycles. The molecule has 2 heteroatoms. The van der Waals surface area contributed by atoms with Crippen LogP contribution in [0, 0.1) is 28.6 Å². The first kappa shape index (κ1) is 8.21. The summed E-state index contributed by atoms with van der Waals surface area (Å²) in [6.07, 6.45) is 5.37. The van der Waals surface area contributed by atoms with Crippen LogP contribution < -0.4 is 0 Å². The van der Waals surface area contributed by atoms with Gasteiger partial charge in [0.1, 0.15) is 0 Å². The zero-order valence-corrected chi connectivity index (χ0v) is 7.70. The molecule has 0 aliphatic heterocycles. The van der Waals surface area contributed by atoms with Crippen LogP contribution in [0.15, 0.2) is 5.18 Å². The smallest absolute Gasteiger partial charge is 0.0844 e. The first-order valence-electron chi connectivity index (χ1n) is 5.17. The van der Waals surface area contributed by atoms with E-state index in [1.165, 1.54) is 25.7 Å². The van der Waals surface area contributed by atoms with Gasteiger partial charge in [0.25, 0.3) is 0 Å². The van der Waals surface area contributed by atoms with Crippen molar-refractivity contribution in [2.24, 2.45) is 28.8 Å². The summed E-state index contributed by atoms with van der Waals surface area (Å²) < 4.78 is 0. The lowest BCUT2D eigenvalue weighted by Gasteiger charge is -2.34. The van der Waals surface area contributed by atoms with Gasteiger partial charge in [-0.05, 0) is 36.5 Å². The summed E-state index contributed by atoms with van der Waals surface area (Å²) in [7, 11) is 0. The Labute approximate surface area is 73.7 Å². The summed E-state index contributed by atoms with van der Waals surface area (Å²) in [4.78, 5) is 10.1. The predicted octanol–water partition coefficient (Wildman–Crippen LogP) is 2.83. The normalized spacial score (nSPS) is 43.1. The average Bonchev–Trinajstić information content (AvgIpc) is 2.77. The van der Waals surface area contributed by atoms with E-state index >= 15 is 0 Å². The summed E-state index contributed by atoms with van der Waals surface area (Å²) in [6.45, 7) is 2.82. The van der Waals surface area contributed by atoms with Crippen molar-refractivity contribution in [2.45, 2.75) is 32.6 Å². The quantitative estimate of drug-likeness (QED) is 0.579. The van der Waals surface area contributed by atoms with Gasteiger partial charge in [0.2, 0.25) is 0 Å². The fourth-order valence-corrected chi connectivity index (χ4v) is 2.93. The average molecular weight is 167 g/mol. The van der Waals surface area contributed by atoms with E-state index in [0.717, 1.165) is 17.8 Å². The molecule has 0 N–H and O–H groups in total. The number of hydrogen-bond acceptors (Lipinski definition) is 2. The van der Waals surface area contributed by atoms with Gasteiger partial charge < -0.3 is 0 Å². The molecule has 2 saturated carbocycles. The second kappa shape index (κ2) is 3.15. The molecule has 12 heavy (non-hydrogen) atoms. The Hall–Kier alpha value is -0.400. The molecule has 0 aromatic heterocycles. The molecule has 0 radical (unpaired) electrons. The largest absolute Gasteiger partial charge is 0.151 e. The third-order valence-electron chi connectivity index (χ3n) is 3.72. The van der Waals surface area contributed by atoms with Crippen LogP contribution >= 0.6 is 0 Å². The molecule has 0 heterocycles. The molecule has 2 aliphatic rings. The molecule has 0 amide bonds. The Morgan fingerprint density at radius 3 is 2.75 bits per heavy atom. The second-order valence-corrected chi connectivity index (χ2v) is 4.35. The molecular weight excluding hydrogens is 150 g/mol. The van der Waals surface area contributed by atoms with Gasteiger partial charge in [0.15, 0.2) is 0 Å². The SMILES string of the molecule is CCCCC1C(CN=O)C2CC12. The number of hydrogen-bond donors (Lipinski definition) is 0. The zero-order chi connectivity index (χ0) is 8.55. The Bertz CT molecular complexity index is 181. The minimum Gasteiger partial charge on any atom is -0.151 e. The maximum atomic E-state index is 10.1. The van der Waals surface area contributed by atoms with Gasteiger partial charge in [0.05, 0.1) is 6.54 Å². The van der Waals surface area contributed by atoms with Crippen LogP contribution in [-0.2, 0) is 0 Å². The highest BCUT2D eigenvalue weighted by Gasteiger charge is 2.60. The molecule has 0 aromatic carbocycles. The Morgan fingerprint density at radius 2 is 2.08 bits per heavy atom. The van der Waals surface area contributed by atoms with E-state index in [2.05, 4.69) is 12.1 Å². The summed E-state index contributed by atoms with van der Waals surface area (Å²) >= 11 is 0. The number of unbranched alkanes of at least 4 members (excludes halogenated alkanes) is 1. The van der Waals surface area contributed by atoms with Crippen molar-refractivity contribution < 1.29 is 0 Å². The zero-order valence-electron chi connectivity index (χ0n) is 7.70. The lowest BCUT2D eigenvalue weighted by Crippen LogP contribution is -2.31. The van der Waals surface area contributed by atoms with Gasteiger partial charge >= 0.3 is 0 Å². The second-order valence-electron chi connectivity index (χ2n) is 4.35. The van der Waals surface area contributed by atoms with Crippen molar-refractivity contribution >= 4 is 0 Å². The summed E-state index contributed by atoms with van der Waals surface area (Å²) in [5.74, 6) is 3.46. The first-order chi connectivity index (χ1) is 5.88. The molecule has 0 saturated heterocycles. The maximum Gasteiger partial charge on any atom is 0.0844 e. The Morgan fingerprint density at radius 1 is 1.33 bits per heavy atom. The van der Waals surface area contributed by atoms with Crippen molar-refractivity contribution in [1.82, 2.24) is 0 Å². The van der Waals surface area contributed by atoms with Gasteiger partial charge in [-0.25, -0.2) is 0 Å². The fourth-order valence-electron chi connectivity index (χ4n) is 2.93. The summed E-state index contributed by atoms with van der Waals surface area (Å²) in [5, 5.41) is 3.04. The third kappa shape index (κ3) is 1.17. The Kier molecular flexibility index (Phi) is 2.16. The van der Waals surface area contributed by atoms with Gasteiger partial charge in [-0.3, -0.25) is 0 Å². The topological polar surface area (TPSA) is 29.4 Å². The van der Waals surface area contributed by atoms with Crippen molar-refractivity contribution in [3.8, 4) is 0 Å². The van der Waals surface area contributed by atoms with E-state index < -0.39 is 0 Å². The van der Waals surface area contributed by atoms with E-state index in [0.29, 0.717) is 12.5 Å². The van der Waals surface area contributed by atoms with Gasteiger partial charge in [-0.15, -0.1) is 0 Å². The molecule has 0 aromatic rings. The van der Waals surface area contributed by atoms with Crippen LogP contribution in [0.4, 0.5) is 0 Å². The van der Waals surface area contributed by atoms with Crippen LogP contribution in [0.3, 0.4) is 0 Å². The molecule has 2 fully saturated rings. The van der Waals surface area contributed by atoms with Crippen LogP contribution in [0.2, 0.25) is 0 Å². The minimum absolute atomic E-state index is 0.593. The number of nitroso groups, excluding NO2 is 1. The van der Waals surface area contributed by atoms with Crippen LogP contribution in [0.25, 0.3) is 0 Å². The van der Waals surface area contributed by atoms with E-state index in [1.54, 1.807) is 0 Å². The monoisotopic (exact) mass is 167 g/mol. The highest BCUT2D eigenvalue weighted by molar-refractivity contribution is 5.08. The predicted molar refractivity (Wildman–Crippen MR) is 48.8 cm³/mol. The van der Waals surface area contributed by atoms with Crippen molar-refractivity contribution in [3.63, 3.8) is 0 Å². The van der Waals surface area contributed by atoms with Crippen LogP contribution in [-0.4, -0.2) is 6.54 Å². The van der Waals surface area contributed by atoms with Crippen molar-refractivity contribution in [3.05, 3.63) is 4.91 Å². The molecule has 0 bridgehead atoms. The number of fused-ring (bicyclic) bond motifs is 1. The maximum absolute atomic E-state index is 10.1. The van der Waals surface area contributed by atoms with Crippen LogP contribution in [0.5, 0.6) is 0 Å². The van der Waals surface area contributed by atoms with E-state index in [1.807, 2.05) is 0 Å². The fraction of sp³-hybridized carbons (Fsp3) is 1.00. The first-order valence-corrected chi connectivity index (χ1v) is 5.17. The molecular formula is C10H17NO. The highest BCUT2D eigenvalue weighted by atomic mass is 16.3. The molecule has 4 unspecified atom stereocenters. The lowest BCUT2D eigenvalue weighted by molar-refractivity contribution is 0.147. The lowest BCUT2D eigenvalue weighted by atomic mass is 9.71. The highest BCUT2D eigenvalue weighted by Crippen LogP contribution is 2.65. The van der Waals surface area contributed by atoms with E-state index in [-0.39, 0.29) is 0 Å². The molecule has 2 nitrogen and oxygen atoms in total. The standard InChI is InChI=1S/C10H17NO/c1-2-3-4-7-8-5-9(8)10(7)6-11-12/h7-10H,2-6H2,1H3. The molecule has 68 valence electrons. The minimum atomic E-state index is 0.593. The van der Waals surface area contributed by atoms with Gasteiger partial charge in [0, 0.05) is 0 Å². The van der Waals surface area contributed by atoms with Crippen LogP contribution in [0.1, 0.15) is 32.6 Å². The number of rotatable bonds is 5. The van der Waals surface area contributed by atoms with Gasteiger partial charge in [-0.2, -0.15) is 4.91 Å². The van der Waals surface area contributed by atoms with Crippen molar-refractivity contribution in [1.29, 1.82) is 0 Å². The summed E-state index contributed by atoms with van der Waals surface area (Å²) in [6, 6.07) is 0. The van der Waals surface area contributed by atoms with E-state index in [4.69, 9.17) is 0 Å². The molecule has 2 rings (SSSR count). The van der Waals surface area contributed by atoms with Gasteiger partial charge in [-0.1, -0.05) is 24.9 Å². The van der Waals surface area contributed by atoms with Crippen molar-refractivity contribution in [2.75, 3.05) is 6.54 Å². The molecule has 4 atom stereocenters. The Balaban J connectivity index is 1.77.